The summed E-state index contributed by atoms with van der Waals surface area (Å²) in [6, 6.07) is 0. The molecule has 0 aromatic carbocycles. The zero-order valence-corrected chi connectivity index (χ0v) is 13.1. The quantitative estimate of drug-likeness (QED) is 0.795. The van der Waals surface area contributed by atoms with Crippen molar-refractivity contribution in [3.05, 3.63) is 17.4 Å². The maximum Gasteiger partial charge on any atom is 0.236 e. The minimum atomic E-state index is -0.0750. The van der Waals surface area contributed by atoms with E-state index in [2.05, 4.69) is 38.9 Å². The fourth-order valence-corrected chi connectivity index (χ4v) is 3.03. The molecule has 0 bridgehead atoms. The van der Waals surface area contributed by atoms with Crippen molar-refractivity contribution in [3.8, 4) is 0 Å². The predicted molar refractivity (Wildman–Crippen MR) is 81.2 cm³/mol. The number of hydrogen-bond acceptors (Lipinski definition) is 6. The van der Waals surface area contributed by atoms with Crippen LogP contribution in [-0.4, -0.2) is 31.4 Å². The van der Waals surface area contributed by atoms with Crippen LogP contribution in [0.3, 0.4) is 0 Å². The molecule has 0 fully saturated rings. The number of thiazole rings is 1. The lowest BCUT2D eigenvalue weighted by Crippen LogP contribution is -2.14. The van der Waals surface area contributed by atoms with Gasteiger partial charge in [0.05, 0.1) is 5.75 Å². The number of rotatable bonds is 7. The van der Waals surface area contributed by atoms with Gasteiger partial charge in [-0.1, -0.05) is 25.6 Å². The molecular weight excluding hydrogens is 294 g/mol. The number of carbonyl (C=O) groups excluding carboxylic acids is 1. The fourth-order valence-electron chi connectivity index (χ4n) is 1.71. The number of aryl methyl sites for hydroxylation is 1. The van der Waals surface area contributed by atoms with Gasteiger partial charge in [0.15, 0.2) is 10.3 Å². The zero-order chi connectivity index (χ0) is 14.4. The summed E-state index contributed by atoms with van der Waals surface area (Å²) in [5.41, 5.74) is 0. The first kappa shape index (κ1) is 15.0. The number of carbonyl (C=O) groups is 1. The average molecular weight is 311 g/mol. The van der Waals surface area contributed by atoms with Crippen LogP contribution in [-0.2, 0) is 17.8 Å². The second-order valence-corrected chi connectivity index (χ2v) is 5.92. The third-order valence-electron chi connectivity index (χ3n) is 2.57. The van der Waals surface area contributed by atoms with Gasteiger partial charge in [0.25, 0.3) is 0 Å². The topological polar surface area (TPSA) is 72.7 Å². The summed E-state index contributed by atoms with van der Waals surface area (Å²) < 4.78 is 2.08. The molecule has 1 N–H and O–H groups in total. The molecule has 0 saturated heterocycles. The van der Waals surface area contributed by atoms with Crippen LogP contribution in [0.5, 0.6) is 0 Å². The van der Waals surface area contributed by atoms with Crippen molar-refractivity contribution in [2.45, 2.75) is 38.4 Å². The third-order valence-corrected chi connectivity index (χ3v) is 4.22. The van der Waals surface area contributed by atoms with E-state index in [4.69, 9.17) is 0 Å². The van der Waals surface area contributed by atoms with Crippen molar-refractivity contribution in [2.75, 3.05) is 11.1 Å². The lowest BCUT2D eigenvalue weighted by Gasteiger charge is -2.07. The molecule has 20 heavy (non-hydrogen) atoms. The van der Waals surface area contributed by atoms with Gasteiger partial charge in [0.1, 0.15) is 5.82 Å². The van der Waals surface area contributed by atoms with Crippen molar-refractivity contribution in [1.29, 1.82) is 0 Å². The number of thioether (sulfide) groups is 1. The highest BCUT2D eigenvalue weighted by atomic mass is 32.2. The molecule has 8 heteroatoms. The molecule has 0 aliphatic rings. The molecule has 0 radical (unpaired) electrons. The minimum absolute atomic E-state index is 0.0750. The highest BCUT2D eigenvalue weighted by Crippen LogP contribution is 2.19. The summed E-state index contributed by atoms with van der Waals surface area (Å²) in [6.45, 7) is 5.05. The maximum atomic E-state index is 11.8. The first-order chi connectivity index (χ1) is 9.74. The molecule has 0 aliphatic carbocycles. The van der Waals surface area contributed by atoms with Crippen LogP contribution >= 0.6 is 23.1 Å². The van der Waals surface area contributed by atoms with Gasteiger partial charge in [-0.3, -0.25) is 4.79 Å². The van der Waals surface area contributed by atoms with Crippen molar-refractivity contribution in [3.63, 3.8) is 0 Å². The van der Waals surface area contributed by atoms with E-state index in [-0.39, 0.29) is 5.91 Å². The zero-order valence-electron chi connectivity index (χ0n) is 11.5. The molecule has 2 heterocycles. The van der Waals surface area contributed by atoms with Gasteiger partial charge < -0.3 is 9.88 Å². The lowest BCUT2D eigenvalue weighted by molar-refractivity contribution is -0.113. The van der Waals surface area contributed by atoms with E-state index in [1.807, 2.05) is 5.38 Å². The van der Waals surface area contributed by atoms with Crippen LogP contribution in [0, 0.1) is 0 Å². The molecule has 0 atom stereocenters. The Bertz CT molecular complexity index is 552. The van der Waals surface area contributed by atoms with Gasteiger partial charge in [-0.15, -0.1) is 21.5 Å². The Balaban J connectivity index is 1.93. The Labute approximate surface area is 126 Å². The molecule has 0 spiro atoms. The second-order valence-electron chi connectivity index (χ2n) is 4.08. The van der Waals surface area contributed by atoms with Crippen molar-refractivity contribution in [2.24, 2.45) is 0 Å². The van der Waals surface area contributed by atoms with Crippen molar-refractivity contribution >= 4 is 34.1 Å². The lowest BCUT2D eigenvalue weighted by atomic mass is 10.4. The molecular formula is C12H17N5OS2. The Morgan fingerprint density at radius 2 is 2.30 bits per heavy atom. The maximum absolute atomic E-state index is 11.8. The SMILES string of the molecule is CCCn1c(CC)nnc1SCC(=O)Nc1nccs1. The Hall–Kier alpha value is -1.41. The van der Waals surface area contributed by atoms with Gasteiger partial charge in [-0.05, 0) is 6.42 Å². The van der Waals surface area contributed by atoms with E-state index < -0.39 is 0 Å². The normalized spacial score (nSPS) is 10.7. The van der Waals surface area contributed by atoms with Gasteiger partial charge >= 0.3 is 0 Å². The van der Waals surface area contributed by atoms with Crippen molar-refractivity contribution < 1.29 is 4.79 Å². The number of amides is 1. The number of nitrogens with zero attached hydrogens (tertiary/aromatic N) is 4. The molecule has 2 aromatic rings. The van der Waals surface area contributed by atoms with Gasteiger partial charge in [-0.2, -0.15) is 0 Å². The van der Waals surface area contributed by atoms with Crippen LogP contribution in [0.1, 0.15) is 26.1 Å². The molecule has 1 amide bonds. The van der Waals surface area contributed by atoms with Crippen LogP contribution in [0.25, 0.3) is 0 Å². The number of hydrogen-bond donors (Lipinski definition) is 1. The van der Waals surface area contributed by atoms with E-state index in [1.165, 1.54) is 23.1 Å². The number of aromatic nitrogens is 4. The molecule has 2 aromatic heterocycles. The number of anilines is 1. The standard InChI is InChI=1S/C12H17N5OS2/c1-3-6-17-9(4-2)15-16-12(17)20-8-10(18)14-11-13-5-7-19-11/h5,7H,3-4,6,8H2,1-2H3,(H,13,14,18). The van der Waals surface area contributed by atoms with Crippen LogP contribution < -0.4 is 5.32 Å². The molecule has 0 aliphatic heterocycles. The Kier molecular flexibility index (Phi) is 5.54. The summed E-state index contributed by atoms with van der Waals surface area (Å²) in [4.78, 5) is 15.8. The third kappa shape index (κ3) is 3.80. The summed E-state index contributed by atoms with van der Waals surface area (Å²) in [7, 11) is 0. The highest BCUT2D eigenvalue weighted by molar-refractivity contribution is 7.99. The van der Waals surface area contributed by atoms with Crippen molar-refractivity contribution in [1.82, 2.24) is 19.7 Å². The Morgan fingerprint density at radius 3 is 2.95 bits per heavy atom. The van der Waals surface area contributed by atoms with Crippen LogP contribution in [0.4, 0.5) is 5.13 Å². The smallest absolute Gasteiger partial charge is 0.236 e. The van der Waals surface area contributed by atoms with Gasteiger partial charge in [0, 0.05) is 24.5 Å². The van der Waals surface area contributed by atoms with E-state index in [1.54, 1.807) is 6.20 Å². The predicted octanol–water partition coefficient (Wildman–Crippen LogP) is 2.44. The summed E-state index contributed by atoms with van der Waals surface area (Å²) in [5, 5.41) is 14.3. The molecule has 0 saturated carbocycles. The molecule has 108 valence electrons. The highest BCUT2D eigenvalue weighted by Gasteiger charge is 2.13. The fraction of sp³-hybridized carbons (Fsp3) is 0.500. The van der Waals surface area contributed by atoms with E-state index in [0.29, 0.717) is 10.9 Å². The first-order valence-electron chi connectivity index (χ1n) is 6.48. The Morgan fingerprint density at radius 1 is 1.45 bits per heavy atom. The summed E-state index contributed by atoms with van der Waals surface area (Å²) in [5.74, 6) is 1.20. The molecule has 6 nitrogen and oxygen atoms in total. The summed E-state index contributed by atoms with van der Waals surface area (Å²) >= 11 is 2.81. The largest absolute Gasteiger partial charge is 0.306 e. The second kappa shape index (κ2) is 7.39. The molecule has 2 rings (SSSR count). The molecule has 0 unspecified atom stereocenters. The number of nitrogens with one attached hydrogen (secondary N) is 1. The minimum Gasteiger partial charge on any atom is -0.306 e. The van der Waals surface area contributed by atoms with Gasteiger partial charge in [-0.25, -0.2) is 4.98 Å². The van der Waals surface area contributed by atoms with Crippen LogP contribution in [0.2, 0.25) is 0 Å². The van der Waals surface area contributed by atoms with Crippen LogP contribution in [0.15, 0.2) is 16.7 Å². The van der Waals surface area contributed by atoms with E-state index >= 15 is 0 Å². The van der Waals surface area contributed by atoms with Gasteiger partial charge in [0.2, 0.25) is 5.91 Å². The summed E-state index contributed by atoms with van der Waals surface area (Å²) in [6.07, 6.45) is 3.53. The first-order valence-corrected chi connectivity index (χ1v) is 8.35. The van der Waals surface area contributed by atoms with E-state index in [0.717, 1.165) is 30.4 Å². The monoisotopic (exact) mass is 311 g/mol. The average Bonchev–Trinajstić information content (AvgIpc) is 3.07. The van der Waals surface area contributed by atoms with E-state index in [9.17, 15) is 4.79 Å².